The number of aryl methyl sites for hydroxylation is 1. The van der Waals surface area contributed by atoms with E-state index in [1.807, 2.05) is 6.92 Å². The quantitative estimate of drug-likeness (QED) is 0.732. The van der Waals surface area contributed by atoms with Gasteiger partial charge in [0.1, 0.15) is 5.82 Å². The van der Waals surface area contributed by atoms with Crippen LogP contribution in [0.25, 0.3) is 0 Å². The number of nitrogens with zero attached hydrogens (tertiary/aromatic N) is 3. The first-order valence-electron chi connectivity index (χ1n) is 5.26. The predicted octanol–water partition coefficient (Wildman–Crippen LogP) is 2.02. The predicted molar refractivity (Wildman–Crippen MR) is 57.4 cm³/mol. The van der Waals surface area contributed by atoms with Gasteiger partial charge in [0, 0.05) is 26.0 Å². The zero-order valence-electron chi connectivity index (χ0n) is 8.90. The molecule has 0 unspecified atom stereocenters. The van der Waals surface area contributed by atoms with E-state index in [-0.39, 0.29) is 0 Å². The van der Waals surface area contributed by atoms with Crippen molar-refractivity contribution in [3.05, 3.63) is 18.1 Å². The topological polar surface area (TPSA) is 29.0 Å². The smallest absolute Gasteiger partial charge is 0.149 e. The Labute approximate surface area is 85.2 Å². The average molecular weight is 191 g/mol. The largest absolute Gasteiger partial charge is 0.358 e. The Morgan fingerprint density at radius 2 is 2.07 bits per heavy atom. The molecule has 3 heteroatoms. The van der Waals surface area contributed by atoms with E-state index >= 15 is 0 Å². The molecule has 1 fully saturated rings. The molecule has 1 aromatic heterocycles. The van der Waals surface area contributed by atoms with E-state index in [1.54, 1.807) is 12.4 Å². The Morgan fingerprint density at radius 1 is 1.36 bits per heavy atom. The second-order valence-electron chi connectivity index (χ2n) is 4.14. The van der Waals surface area contributed by atoms with Crippen molar-refractivity contribution in [3.8, 4) is 0 Å². The summed E-state index contributed by atoms with van der Waals surface area (Å²) >= 11 is 0. The number of hydrogen-bond acceptors (Lipinski definition) is 3. The fourth-order valence-electron chi connectivity index (χ4n) is 1.92. The van der Waals surface area contributed by atoms with Crippen molar-refractivity contribution < 1.29 is 0 Å². The molecule has 1 aliphatic carbocycles. The monoisotopic (exact) mass is 191 g/mol. The number of rotatable bonds is 3. The highest BCUT2D eigenvalue weighted by Crippen LogP contribution is 2.28. The van der Waals surface area contributed by atoms with Crippen molar-refractivity contribution in [2.24, 2.45) is 5.92 Å². The van der Waals surface area contributed by atoms with Gasteiger partial charge < -0.3 is 4.90 Å². The van der Waals surface area contributed by atoms with E-state index in [1.165, 1.54) is 19.3 Å². The summed E-state index contributed by atoms with van der Waals surface area (Å²) in [6, 6.07) is 0. The van der Waals surface area contributed by atoms with Gasteiger partial charge in [-0.2, -0.15) is 0 Å². The highest BCUT2D eigenvalue weighted by Gasteiger charge is 2.20. The third-order valence-corrected chi connectivity index (χ3v) is 2.97. The van der Waals surface area contributed by atoms with Crippen molar-refractivity contribution in [1.82, 2.24) is 9.97 Å². The van der Waals surface area contributed by atoms with Crippen LogP contribution in [0.3, 0.4) is 0 Å². The maximum Gasteiger partial charge on any atom is 0.149 e. The van der Waals surface area contributed by atoms with Crippen LogP contribution in [0.1, 0.15) is 25.0 Å². The molecular weight excluding hydrogens is 174 g/mol. The van der Waals surface area contributed by atoms with Crippen LogP contribution in [0, 0.1) is 12.8 Å². The molecule has 1 saturated carbocycles. The molecule has 0 atom stereocenters. The molecule has 0 aliphatic heterocycles. The molecule has 1 aromatic rings. The highest BCUT2D eigenvalue weighted by molar-refractivity contribution is 5.41. The number of anilines is 1. The molecule has 0 bridgehead atoms. The molecular formula is C11H17N3. The van der Waals surface area contributed by atoms with E-state index in [0.29, 0.717) is 0 Å². The number of hydrogen-bond donors (Lipinski definition) is 0. The van der Waals surface area contributed by atoms with Crippen LogP contribution in [-0.4, -0.2) is 23.6 Å². The molecule has 0 aromatic carbocycles. The molecule has 1 heterocycles. The third-order valence-electron chi connectivity index (χ3n) is 2.97. The van der Waals surface area contributed by atoms with Gasteiger partial charge in [-0.05, 0) is 25.7 Å². The Hall–Kier alpha value is -1.12. The normalized spacial score (nSPS) is 16.4. The molecule has 2 rings (SSSR count). The van der Waals surface area contributed by atoms with Gasteiger partial charge in [-0.1, -0.05) is 6.42 Å². The van der Waals surface area contributed by atoms with Crippen LogP contribution in [-0.2, 0) is 0 Å². The van der Waals surface area contributed by atoms with Crippen LogP contribution in [0.2, 0.25) is 0 Å². The first-order valence-corrected chi connectivity index (χ1v) is 5.26. The molecule has 3 nitrogen and oxygen atoms in total. The molecule has 0 amide bonds. The zero-order valence-corrected chi connectivity index (χ0v) is 8.90. The lowest BCUT2D eigenvalue weighted by molar-refractivity contribution is 0.321. The minimum absolute atomic E-state index is 0.876. The summed E-state index contributed by atoms with van der Waals surface area (Å²) < 4.78 is 0. The maximum atomic E-state index is 4.35. The summed E-state index contributed by atoms with van der Waals surface area (Å²) in [5.41, 5.74) is 1.02. The van der Waals surface area contributed by atoms with Crippen molar-refractivity contribution in [2.45, 2.75) is 26.2 Å². The Morgan fingerprint density at radius 3 is 2.64 bits per heavy atom. The van der Waals surface area contributed by atoms with Gasteiger partial charge in [0.2, 0.25) is 0 Å². The highest BCUT2D eigenvalue weighted by atomic mass is 15.2. The third kappa shape index (κ3) is 1.86. The lowest BCUT2D eigenvalue weighted by Crippen LogP contribution is -2.30. The van der Waals surface area contributed by atoms with E-state index in [4.69, 9.17) is 0 Å². The second kappa shape index (κ2) is 3.95. The molecule has 0 spiro atoms. The average Bonchev–Trinajstić information content (AvgIpc) is 2.12. The molecule has 76 valence electrons. The first kappa shape index (κ1) is 9.44. The Bertz CT molecular complexity index is 307. The van der Waals surface area contributed by atoms with E-state index in [0.717, 1.165) is 24.0 Å². The molecule has 1 aliphatic rings. The van der Waals surface area contributed by atoms with Gasteiger partial charge in [-0.3, -0.25) is 4.98 Å². The van der Waals surface area contributed by atoms with Crippen LogP contribution >= 0.6 is 0 Å². The molecule has 0 saturated heterocycles. The Kier molecular flexibility index (Phi) is 2.66. The number of aromatic nitrogens is 2. The van der Waals surface area contributed by atoms with Crippen LogP contribution in [0.5, 0.6) is 0 Å². The molecule has 0 radical (unpaired) electrons. The molecule has 14 heavy (non-hydrogen) atoms. The standard InChI is InChI=1S/C11H17N3/c1-9-11(13-7-6-12-9)14(2)8-10-4-3-5-10/h6-7,10H,3-5,8H2,1-2H3. The van der Waals surface area contributed by atoms with Gasteiger partial charge in [-0.25, -0.2) is 4.98 Å². The summed E-state index contributed by atoms with van der Waals surface area (Å²) in [6.45, 7) is 3.14. The summed E-state index contributed by atoms with van der Waals surface area (Å²) in [5.74, 6) is 1.90. The summed E-state index contributed by atoms with van der Waals surface area (Å²) in [5, 5.41) is 0. The lowest BCUT2D eigenvalue weighted by atomic mass is 9.85. The second-order valence-corrected chi connectivity index (χ2v) is 4.14. The molecule has 0 N–H and O–H groups in total. The minimum atomic E-state index is 0.876. The fourth-order valence-corrected chi connectivity index (χ4v) is 1.92. The van der Waals surface area contributed by atoms with Crippen LogP contribution < -0.4 is 4.90 Å². The van der Waals surface area contributed by atoms with Crippen LogP contribution in [0.4, 0.5) is 5.82 Å². The van der Waals surface area contributed by atoms with Crippen molar-refractivity contribution in [2.75, 3.05) is 18.5 Å². The minimum Gasteiger partial charge on any atom is -0.358 e. The maximum absolute atomic E-state index is 4.35. The van der Waals surface area contributed by atoms with Crippen molar-refractivity contribution >= 4 is 5.82 Å². The van der Waals surface area contributed by atoms with Crippen molar-refractivity contribution in [3.63, 3.8) is 0 Å². The van der Waals surface area contributed by atoms with Crippen molar-refractivity contribution in [1.29, 1.82) is 0 Å². The van der Waals surface area contributed by atoms with Gasteiger partial charge in [0.15, 0.2) is 0 Å². The van der Waals surface area contributed by atoms with Gasteiger partial charge in [0.05, 0.1) is 5.69 Å². The van der Waals surface area contributed by atoms with Gasteiger partial charge in [-0.15, -0.1) is 0 Å². The summed E-state index contributed by atoms with van der Waals surface area (Å²) in [4.78, 5) is 10.8. The summed E-state index contributed by atoms with van der Waals surface area (Å²) in [6.07, 6.45) is 7.67. The Balaban J connectivity index is 2.02. The van der Waals surface area contributed by atoms with Gasteiger partial charge >= 0.3 is 0 Å². The lowest BCUT2D eigenvalue weighted by Gasteiger charge is -2.30. The first-order chi connectivity index (χ1) is 6.77. The van der Waals surface area contributed by atoms with E-state index in [9.17, 15) is 0 Å². The van der Waals surface area contributed by atoms with Crippen LogP contribution in [0.15, 0.2) is 12.4 Å². The zero-order chi connectivity index (χ0) is 9.97. The van der Waals surface area contributed by atoms with E-state index in [2.05, 4.69) is 21.9 Å². The summed E-state index contributed by atoms with van der Waals surface area (Å²) in [7, 11) is 2.11. The fraction of sp³-hybridized carbons (Fsp3) is 0.636. The van der Waals surface area contributed by atoms with Gasteiger partial charge in [0.25, 0.3) is 0 Å². The van der Waals surface area contributed by atoms with E-state index < -0.39 is 0 Å². The SMILES string of the molecule is Cc1nccnc1N(C)CC1CCC1.